The molecule has 0 radical (unpaired) electrons. The number of ether oxygens (including phenoxy) is 2. The molecule has 1 aromatic heterocycles. The van der Waals surface area contributed by atoms with Crippen molar-refractivity contribution in [3.8, 4) is 22.8 Å². The van der Waals surface area contributed by atoms with Crippen molar-refractivity contribution < 1.29 is 23.8 Å². The SMILES string of the molecule is COc1cc(-c2ccc(C3CCc4ccc([C@H](C5CC5)[C@H](C)C(=O)O)cc4O3)cc2C(C)N2CCCC2)c(F)cn1. The minimum absolute atomic E-state index is 0.00113. The summed E-state index contributed by atoms with van der Waals surface area (Å²) in [6, 6.07) is 14.4. The summed E-state index contributed by atoms with van der Waals surface area (Å²) in [4.78, 5) is 18.4. The second kappa shape index (κ2) is 11.4. The molecule has 1 saturated heterocycles. The molecule has 7 heteroatoms. The van der Waals surface area contributed by atoms with Crippen molar-refractivity contribution in [1.29, 1.82) is 0 Å². The van der Waals surface area contributed by atoms with Crippen molar-refractivity contribution in [3.63, 3.8) is 0 Å². The van der Waals surface area contributed by atoms with Crippen LogP contribution in [0, 0.1) is 17.7 Å². The lowest BCUT2D eigenvalue weighted by molar-refractivity contribution is -0.142. The first-order valence-corrected chi connectivity index (χ1v) is 14.9. The number of hydrogen-bond acceptors (Lipinski definition) is 5. The zero-order chi connectivity index (χ0) is 28.7. The Labute approximate surface area is 241 Å². The van der Waals surface area contributed by atoms with E-state index in [9.17, 15) is 9.90 Å². The number of aromatic nitrogens is 1. The number of fused-ring (bicyclic) bond motifs is 1. The van der Waals surface area contributed by atoms with E-state index in [4.69, 9.17) is 9.47 Å². The van der Waals surface area contributed by atoms with E-state index in [2.05, 4.69) is 47.1 Å². The molecular formula is C34H39FN2O4. The summed E-state index contributed by atoms with van der Waals surface area (Å²) < 4.78 is 27.1. The highest BCUT2D eigenvalue weighted by molar-refractivity contribution is 5.71. The van der Waals surface area contributed by atoms with Crippen molar-refractivity contribution in [2.75, 3.05) is 20.2 Å². The van der Waals surface area contributed by atoms with Gasteiger partial charge in [0.25, 0.3) is 0 Å². The predicted octanol–water partition coefficient (Wildman–Crippen LogP) is 7.33. The Morgan fingerprint density at radius 1 is 1.07 bits per heavy atom. The predicted molar refractivity (Wildman–Crippen MR) is 156 cm³/mol. The Hall–Kier alpha value is -3.45. The van der Waals surface area contributed by atoms with E-state index in [1.165, 1.54) is 19.0 Å². The normalized spacial score (nSPS) is 21.0. The molecule has 1 N–H and O–H groups in total. The molecule has 3 heterocycles. The molecule has 2 fully saturated rings. The van der Waals surface area contributed by atoms with Crippen LogP contribution >= 0.6 is 0 Å². The molecule has 2 aromatic carbocycles. The minimum Gasteiger partial charge on any atom is -0.485 e. The molecule has 0 spiro atoms. The van der Waals surface area contributed by atoms with Crippen molar-refractivity contribution >= 4 is 5.97 Å². The van der Waals surface area contributed by atoms with Gasteiger partial charge < -0.3 is 14.6 Å². The monoisotopic (exact) mass is 558 g/mol. The third kappa shape index (κ3) is 5.56. The van der Waals surface area contributed by atoms with Crippen molar-refractivity contribution in [2.24, 2.45) is 11.8 Å². The highest BCUT2D eigenvalue weighted by Crippen LogP contribution is 2.48. The summed E-state index contributed by atoms with van der Waals surface area (Å²) in [7, 11) is 1.54. The molecule has 41 heavy (non-hydrogen) atoms. The molecule has 0 bridgehead atoms. The van der Waals surface area contributed by atoms with Crippen LogP contribution in [-0.2, 0) is 11.2 Å². The van der Waals surface area contributed by atoms with Gasteiger partial charge in [-0.15, -0.1) is 0 Å². The van der Waals surface area contributed by atoms with Gasteiger partial charge in [-0.3, -0.25) is 9.69 Å². The fraction of sp³-hybridized carbons (Fsp3) is 0.471. The zero-order valence-electron chi connectivity index (χ0n) is 24.1. The first-order chi connectivity index (χ1) is 19.8. The number of hydrogen-bond donors (Lipinski definition) is 1. The topological polar surface area (TPSA) is 71.9 Å². The molecular weight excluding hydrogens is 519 g/mol. The number of carboxylic acids is 1. The molecule has 4 atom stereocenters. The van der Waals surface area contributed by atoms with Crippen LogP contribution in [-0.4, -0.2) is 41.2 Å². The van der Waals surface area contributed by atoms with E-state index in [-0.39, 0.29) is 23.9 Å². The minimum atomic E-state index is -0.749. The van der Waals surface area contributed by atoms with Crippen LogP contribution < -0.4 is 9.47 Å². The number of rotatable bonds is 9. The third-order valence-corrected chi connectivity index (χ3v) is 9.39. The van der Waals surface area contributed by atoms with Crippen LogP contribution in [0.1, 0.15) is 86.3 Å². The maximum atomic E-state index is 15.1. The summed E-state index contributed by atoms with van der Waals surface area (Å²) in [5.74, 6) is 0.106. The lowest BCUT2D eigenvalue weighted by Crippen LogP contribution is -2.24. The number of carboxylic acid groups (broad SMARTS) is 1. The number of nitrogens with zero attached hydrogens (tertiary/aromatic N) is 2. The average molecular weight is 559 g/mol. The van der Waals surface area contributed by atoms with Crippen molar-refractivity contribution in [1.82, 2.24) is 9.88 Å². The Morgan fingerprint density at radius 2 is 1.85 bits per heavy atom. The highest BCUT2D eigenvalue weighted by Gasteiger charge is 2.39. The Morgan fingerprint density at radius 3 is 2.56 bits per heavy atom. The smallest absolute Gasteiger partial charge is 0.306 e. The Bertz CT molecular complexity index is 1430. The van der Waals surface area contributed by atoms with Gasteiger partial charge in [-0.1, -0.05) is 31.2 Å². The van der Waals surface area contributed by atoms with Crippen LogP contribution in [0.2, 0.25) is 0 Å². The van der Waals surface area contributed by atoms with Crippen molar-refractivity contribution in [3.05, 3.63) is 76.7 Å². The summed E-state index contributed by atoms with van der Waals surface area (Å²) in [6.45, 7) is 6.08. The van der Waals surface area contributed by atoms with Crippen LogP contribution in [0.5, 0.6) is 11.6 Å². The van der Waals surface area contributed by atoms with Gasteiger partial charge >= 0.3 is 5.97 Å². The molecule has 6 nitrogen and oxygen atoms in total. The number of benzene rings is 2. The molecule has 1 saturated carbocycles. The summed E-state index contributed by atoms with van der Waals surface area (Å²) in [5, 5.41) is 9.75. The molecule has 1 aliphatic carbocycles. The van der Waals surface area contributed by atoms with E-state index in [0.29, 0.717) is 17.4 Å². The van der Waals surface area contributed by atoms with Gasteiger partial charge in [-0.2, -0.15) is 0 Å². The fourth-order valence-electron chi connectivity index (χ4n) is 6.84. The zero-order valence-corrected chi connectivity index (χ0v) is 24.1. The molecule has 0 amide bonds. The van der Waals surface area contributed by atoms with Gasteiger partial charge in [0.05, 0.1) is 19.2 Å². The Balaban J connectivity index is 1.34. The van der Waals surface area contributed by atoms with Gasteiger partial charge in [-0.25, -0.2) is 9.37 Å². The van der Waals surface area contributed by atoms with Crippen LogP contribution in [0.3, 0.4) is 0 Å². The maximum absolute atomic E-state index is 15.1. The summed E-state index contributed by atoms with van der Waals surface area (Å²) in [6.07, 6.45) is 7.33. The number of pyridine rings is 1. The lowest BCUT2D eigenvalue weighted by atomic mass is 9.82. The van der Waals surface area contributed by atoms with Gasteiger partial charge in [0, 0.05) is 17.7 Å². The van der Waals surface area contributed by atoms with Crippen LogP contribution in [0.25, 0.3) is 11.1 Å². The molecule has 3 aliphatic rings. The number of halogens is 1. The quantitative estimate of drug-likeness (QED) is 0.296. The maximum Gasteiger partial charge on any atom is 0.306 e. The standard InChI is InChI=1S/C34H39FN2O4/c1-20(34(38)39)33(23-7-8-23)25-9-6-22-11-13-30(41-31(22)17-25)24-10-12-26(28-18-32(40-3)36-19-29(28)35)27(16-24)21(2)37-14-4-5-15-37/h6,9-10,12,16-21,23,30,33H,4-5,7-8,11,13-15H2,1-3H3,(H,38,39)/t20-,21?,30?,33-/m0/s1. The second-order valence-electron chi connectivity index (χ2n) is 12.0. The van der Waals surface area contributed by atoms with E-state index >= 15 is 4.39 Å². The van der Waals surface area contributed by atoms with Gasteiger partial charge in [0.15, 0.2) is 0 Å². The molecule has 216 valence electrons. The number of aliphatic carboxylic acids is 1. The average Bonchev–Trinajstić information content (AvgIpc) is 3.67. The fourth-order valence-corrected chi connectivity index (χ4v) is 6.84. The first kappa shape index (κ1) is 27.7. The number of likely N-dealkylation sites (tertiary alicyclic amines) is 1. The van der Waals surface area contributed by atoms with Gasteiger partial charge in [0.2, 0.25) is 5.88 Å². The second-order valence-corrected chi connectivity index (χ2v) is 12.0. The molecule has 2 unspecified atom stereocenters. The van der Waals surface area contributed by atoms with E-state index < -0.39 is 11.9 Å². The summed E-state index contributed by atoms with van der Waals surface area (Å²) in [5.41, 5.74) is 5.70. The van der Waals surface area contributed by atoms with Gasteiger partial charge in [0.1, 0.15) is 17.7 Å². The highest BCUT2D eigenvalue weighted by atomic mass is 19.1. The van der Waals surface area contributed by atoms with E-state index in [1.54, 1.807) is 13.2 Å². The van der Waals surface area contributed by atoms with Crippen molar-refractivity contribution in [2.45, 2.75) is 70.4 Å². The van der Waals surface area contributed by atoms with Crippen LogP contribution in [0.4, 0.5) is 4.39 Å². The molecule has 3 aromatic rings. The lowest BCUT2D eigenvalue weighted by Gasteiger charge is -2.31. The Kier molecular flexibility index (Phi) is 7.73. The van der Waals surface area contributed by atoms with Gasteiger partial charge in [-0.05, 0) is 110 Å². The number of methoxy groups -OCH3 is 1. The largest absolute Gasteiger partial charge is 0.485 e. The first-order valence-electron chi connectivity index (χ1n) is 14.9. The molecule has 2 aliphatic heterocycles. The van der Waals surface area contributed by atoms with Crippen LogP contribution in [0.15, 0.2) is 48.7 Å². The van der Waals surface area contributed by atoms with E-state index in [1.807, 2.05) is 13.0 Å². The number of carbonyl (C=O) groups is 1. The number of aryl methyl sites for hydroxylation is 1. The summed E-state index contributed by atoms with van der Waals surface area (Å²) >= 11 is 0. The molecule has 6 rings (SSSR count). The third-order valence-electron chi connectivity index (χ3n) is 9.39. The van der Waals surface area contributed by atoms with E-state index in [0.717, 1.165) is 72.3 Å².